The molecule has 2 N–H and O–H groups in total. The number of ether oxygens (including phenoxy) is 2. The molecule has 3 aromatic rings. The maximum atomic E-state index is 13.0. The maximum absolute atomic E-state index is 13.0. The van der Waals surface area contributed by atoms with Gasteiger partial charge < -0.3 is 19.7 Å². The van der Waals surface area contributed by atoms with Crippen molar-refractivity contribution in [1.29, 1.82) is 0 Å². The van der Waals surface area contributed by atoms with Crippen LogP contribution in [0.4, 0.5) is 0 Å². The molecule has 0 aromatic heterocycles. The van der Waals surface area contributed by atoms with E-state index in [1.54, 1.807) is 19.2 Å². The van der Waals surface area contributed by atoms with E-state index in [0.717, 1.165) is 70.4 Å². The Morgan fingerprint density at radius 2 is 1.89 bits per heavy atom. The van der Waals surface area contributed by atoms with Crippen LogP contribution in [0.1, 0.15) is 43.2 Å². The lowest BCUT2D eigenvalue weighted by Crippen LogP contribution is -2.28. The highest BCUT2D eigenvalue weighted by molar-refractivity contribution is 8.76. The zero-order valence-electron chi connectivity index (χ0n) is 20.5. The molecule has 5 rings (SSSR count). The molecular weight excluding hydrogens is 492 g/mol. The molecule has 0 amide bonds. The van der Waals surface area contributed by atoms with Gasteiger partial charge in [-0.25, -0.2) is 0 Å². The van der Waals surface area contributed by atoms with Crippen molar-refractivity contribution in [1.82, 2.24) is 0 Å². The van der Waals surface area contributed by atoms with Crippen LogP contribution in [0, 0.1) is 5.92 Å². The van der Waals surface area contributed by atoms with Crippen molar-refractivity contribution >= 4 is 38.1 Å². The number of carbonyl (C=O) groups excluding carboxylic acids is 1. The van der Waals surface area contributed by atoms with E-state index < -0.39 is 0 Å². The largest absolute Gasteiger partial charge is 0.508 e. The number of methoxy groups -OCH3 is 1. The summed E-state index contributed by atoms with van der Waals surface area (Å²) in [4.78, 5) is 13.0. The summed E-state index contributed by atoms with van der Waals surface area (Å²) in [5, 5.41) is 23.0. The van der Waals surface area contributed by atoms with Crippen molar-refractivity contribution in [3.63, 3.8) is 0 Å². The van der Waals surface area contributed by atoms with Crippen LogP contribution < -0.4 is 4.74 Å². The Bertz CT molecular complexity index is 1260. The Kier molecular flexibility index (Phi) is 7.99. The van der Waals surface area contributed by atoms with Crippen LogP contribution in [0.3, 0.4) is 0 Å². The minimum Gasteiger partial charge on any atom is -0.508 e. The molecule has 3 aromatic carbocycles. The monoisotopic (exact) mass is 524 g/mol. The van der Waals surface area contributed by atoms with Gasteiger partial charge in [-0.3, -0.25) is 4.79 Å². The molecule has 1 saturated heterocycles. The lowest BCUT2D eigenvalue weighted by molar-refractivity contribution is -0.123. The van der Waals surface area contributed by atoms with Crippen molar-refractivity contribution in [3.8, 4) is 28.4 Å². The molecule has 7 heteroatoms. The number of benzene rings is 3. The van der Waals surface area contributed by atoms with E-state index in [4.69, 9.17) is 9.47 Å². The van der Waals surface area contributed by atoms with Crippen molar-refractivity contribution in [2.24, 2.45) is 5.92 Å². The Labute approximate surface area is 220 Å². The molecule has 1 fully saturated rings. The Morgan fingerprint density at radius 3 is 2.75 bits per heavy atom. The average Bonchev–Trinajstić information content (AvgIpc) is 2.87. The standard InChI is InChI=1S/C29H32O5S2/c1-33-29-27(32)9-5-20-3-7-21(30)15-23-14-18(10-12-34-23)11-13-35-36-17-26-24(28(20)29)8-4-19-2-6-22(31)16-25(19)26/h2,4-6,8-9,16,18,23,31-32H,3,7,10-15,17H2,1H3/t18-,23+/m0/s1. The molecule has 0 aliphatic carbocycles. The second-order valence-corrected chi connectivity index (χ2v) is 12.2. The number of ketones is 1. The van der Waals surface area contributed by atoms with Gasteiger partial charge in [-0.2, -0.15) is 0 Å². The Morgan fingerprint density at radius 1 is 1.03 bits per heavy atom. The van der Waals surface area contributed by atoms with E-state index in [1.807, 2.05) is 45.9 Å². The van der Waals surface area contributed by atoms with Crippen molar-refractivity contribution in [2.45, 2.75) is 50.4 Å². The third-order valence-electron chi connectivity index (χ3n) is 7.31. The van der Waals surface area contributed by atoms with Gasteiger partial charge in [0, 0.05) is 36.5 Å². The predicted molar refractivity (Wildman–Crippen MR) is 148 cm³/mol. The first-order chi connectivity index (χ1) is 17.5. The minimum absolute atomic E-state index is 0.0235. The molecule has 2 aliphatic rings. The second kappa shape index (κ2) is 11.4. The molecule has 2 heterocycles. The van der Waals surface area contributed by atoms with Crippen molar-refractivity contribution in [2.75, 3.05) is 19.5 Å². The number of hydrogen-bond acceptors (Lipinski definition) is 7. The van der Waals surface area contributed by atoms with E-state index in [0.29, 0.717) is 30.9 Å². The first-order valence-corrected chi connectivity index (χ1v) is 15.0. The third-order valence-corrected chi connectivity index (χ3v) is 9.64. The molecule has 0 spiro atoms. The number of Topliss-reactive ketones (excluding diaryl/α,β-unsaturated/α-hetero) is 1. The van der Waals surface area contributed by atoms with Crippen LogP contribution in [0.5, 0.6) is 17.2 Å². The molecular formula is C29H32O5S2. The molecule has 0 saturated carbocycles. The fourth-order valence-corrected chi connectivity index (χ4v) is 7.76. The summed E-state index contributed by atoms with van der Waals surface area (Å²) in [6.45, 7) is 0.739. The molecule has 0 unspecified atom stereocenters. The van der Waals surface area contributed by atoms with Crippen LogP contribution in [0.25, 0.3) is 21.9 Å². The van der Waals surface area contributed by atoms with Crippen molar-refractivity contribution < 1.29 is 24.5 Å². The number of phenolic OH excluding ortho intramolecular Hbond substituents is 2. The van der Waals surface area contributed by atoms with Gasteiger partial charge in [0.05, 0.1) is 13.2 Å². The quantitative estimate of drug-likeness (QED) is 0.335. The van der Waals surface area contributed by atoms with Gasteiger partial charge in [0.1, 0.15) is 11.5 Å². The molecule has 36 heavy (non-hydrogen) atoms. The first-order valence-electron chi connectivity index (χ1n) is 12.5. The van der Waals surface area contributed by atoms with E-state index in [-0.39, 0.29) is 23.4 Å². The molecule has 2 atom stereocenters. The zero-order chi connectivity index (χ0) is 25.1. The van der Waals surface area contributed by atoms with E-state index >= 15 is 0 Å². The topological polar surface area (TPSA) is 76.0 Å². The van der Waals surface area contributed by atoms with E-state index in [9.17, 15) is 15.0 Å². The molecule has 0 radical (unpaired) electrons. The number of aromatic hydroxyl groups is 2. The summed E-state index contributed by atoms with van der Waals surface area (Å²) in [6, 6.07) is 13.1. The van der Waals surface area contributed by atoms with Crippen LogP contribution in [-0.2, 0) is 21.7 Å². The maximum Gasteiger partial charge on any atom is 0.168 e. The van der Waals surface area contributed by atoms with Crippen molar-refractivity contribution in [3.05, 3.63) is 53.6 Å². The zero-order valence-corrected chi connectivity index (χ0v) is 22.1. The fourth-order valence-electron chi connectivity index (χ4n) is 5.45. The number of carbonyl (C=O) groups is 1. The van der Waals surface area contributed by atoms with Gasteiger partial charge >= 0.3 is 0 Å². The summed E-state index contributed by atoms with van der Waals surface area (Å²) < 4.78 is 11.6. The van der Waals surface area contributed by atoms with Gasteiger partial charge in [-0.1, -0.05) is 45.9 Å². The first kappa shape index (κ1) is 25.3. The Balaban J connectivity index is 1.61. The highest BCUT2D eigenvalue weighted by Crippen LogP contribution is 2.45. The van der Waals surface area contributed by atoms with Gasteiger partial charge in [-0.05, 0) is 77.3 Å². The SMILES string of the molecule is COc1c(O)ccc2c1-c1ccc3ccc(O)cc3c1CSSCC[C@@H]1CCO[C@@H](CC(=O)CC2)C1. The van der Waals surface area contributed by atoms with Gasteiger partial charge in [0.2, 0.25) is 0 Å². The molecule has 2 bridgehead atoms. The normalized spacial score (nSPS) is 21.5. The lowest BCUT2D eigenvalue weighted by Gasteiger charge is -2.29. The summed E-state index contributed by atoms with van der Waals surface area (Å²) in [5.41, 5.74) is 3.84. The predicted octanol–water partition coefficient (Wildman–Crippen LogP) is 6.90. The molecule has 2 aliphatic heterocycles. The van der Waals surface area contributed by atoms with Crippen LogP contribution in [-0.4, -0.2) is 41.6 Å². The highest BCUT2D eigenvalue weighted by atomic mass is 33.1. The van der Waals surface area contributed by atoms with Gasteiger partial charge in [-0.15, -0.1) is 0 Å². The average molecular weight is 525 g/mol. The Hall–Kier alpha value is -2.35. The fraction of sp³-hybridized carbons (Fsp3) is 0.414. The number of hydrogen-bond donors (Lipinski definition) is 2. The lowest BCUT2D eigenvalue weighted by atomic mass is 9.88. The molecule has 5 nitrogen and oxygen atoms in total. The number of aryl methyl sites for hydroxylation is 1. The second-order valence-electron chi connectivity index (χ2n) is 9.65. The highest BCUT2D eigenvalue weighted by Gasteiger charge is 2.26. The third kappa shape index (κ3) is 5.48. The van der Waals surface area contributed by atoms with Crippen LogP contribution >= 0.6 is 21.6 Å². The summed E-state index contributed by atoms with van der Waals surface area (Å²) in [6.07, 6.45) is 4.61. The number of rotatable bonds is 1. The number of phenols is 2. The minimum atomic E-state index is 0.0235. The van der Waals surface area contributed by atoms with E-state index in [2.05, 4.69) is 6.07 Å². The number of fused-ring (bicyclic) bond motifs is 7. The smallest absolute Gasteiger partial charge is 0.168 e. The van der Waals surface area contributed by atoms with E-state index in [1.165, 1.54) is 0 Å². The summed E-state index contributed by atoms with van der Waals surface area (Å²) >= 11 is 0. The van der Waals surface area contributed by atoms with Gasteiger partial charge in [0.15, 0.2) is 11.5 Å². The van der Waals surface area contributed by atoms with Gasteiger partial charge in [0.25, 0.3) is 0 Å². The van der Waals surface area contributed by atoms with Crippen LogP contribution in [0.2, 0.25) is 0 Å². The summed E-state index contributed by atoms with van der Waals surface area (Å²) in [5.74, 6) is 3.31. The molecule has 190 valence electrons. The summed E-state index contributed by atoms with van der Waals surface area (Å²) in [7, 11) is 5.26. The van der Waals surface area contributed by atoms with Crippen LogP contribution in [0.15, 0.2) is 42.5 Å².